The third-order valence-electron chi connectivity index (χ3n) is 5.20. The van der Waals surface area contributed by atoms with Gasteiger partial charge in [0.2, 0.25) is 0 Å². The van der Waals surface area contributed by atoms with Crippen LogP contribution in [0.3, 0.4) is 0 Å². The molecule has 26 heavy (non-hydrogen) atoms. The monoisotopic (exact) mass is 358 g/mol. The van der Waals surface area contributed by atoms with E-state index in [2.05, 4.69) is 32.1 Å². The number of phenols is 1. The molecule has 1 aliphatic carbocycles. The molecule has 0 bridgehead atoms. The molecule has 1 N–H and O–H groups in total. The van der Waals surface area contributed by atoms with Gasteiger partial charge in [-0.15, -0.1) is 0 Å². The SMILES string of the molecule is C=C(C1=C(C)CCCC1(C)C)/C(C)=C(\F)c1ccc(C(=O)OC)cc1O. The number of hydrogen-bond acceptors (Lipinski definition) is 3. The molecule has 140 valence electrons. The van der Waals surface area contributed by atoms with Crippen molar-refractivity contribution in [1.82, 2.24) is 0 Å². The highest BCUT2D eigenvalue weighted by atomic mass is 19.1. The van der Waals surface area contributed by atoms with Crippen molar-refractivity contribution in [2.24, 2.45) is 5.41 Å². The second-order valence-corrected chi connectivity index (χ2v) is 7.53. The summed E-state index contributed by atoms with van der Waals surface area (Å²) in [4.78, 5) is 11.5. The molecule has 0 amide bonds. The molecule has 0 aliphatic heterocycles. The van der Waals surface area contributed by atoms with Crippen LogP contribution in [0.4, 0.5) is 4.39 Å². The summed E-state index contributed by atoms with van der Waals surface area (Å²) in [6.07, 6.45) is 3.15. The Hall–Kier alpha value is -2.36. The van der Waals surface area contributed by atoms with Crippen molar-refractivity contribution in [3.63, 3.8) is 0 Å². The van der Waals surface area contributed by atoms with E-state index in [9.17, 15) is 9.90 Å². The predicted octanol–water partition coefficient (Wildman–Crippen LogP) is 5.96. The number of rotatable bonds is 4. The normalized spacial score (nSPS) is 17.6. The first-order valence-corrected chi connectivity index (χ1v) is 8.78. The molecule has 0 spiro atoms. The van der Waals surface area contributed by atoms with Crippen molar-refractivity contribution in [2.75, 3.05) is 7.11 Å². The Morgan fingerprint density at radius 3 is 2.54 bits per heavy atom. The Morgan fingerprint density at radius 2 is 2.00 bits per heavy atom. The van der Waals surface area contributed by atoms with Gasteiger partial charge in [0.15, 0.2) is 0 Å². The van der Waals surface area contributed by atoms with E-state index in [1.807, 2.05) is 0 Å². The van der Waals surface area contributed by atoms with Crippen LogP contribution in [0.1, 0.15) is 62.9 Å². The summed E-state index contributed by atoms with van der Waals surface area (Å²) in [6, 6.07) is 4.04. The minimum Gasteiger partial charge on any atom is -0.507 e. The number of carbonyl (C=O) groups is 1. The molecule has 1 aromatic carbocycles. The summed E-state index contributed by atoms with van der Waals surface area (Å²) < 4.78 is 19.7. The molecule has 0 atom stereocenters. The zero-order valence-corrected chi connectivity index (χ0v) is 16.2. The molecule has 1 aliphatic rings. The van der Waals surface area contributed by atoms with Crippen molar-refractivity contribution < 1.29 is 19.0 Å². The maximum Gasteiger partial charge on any atom is 0.337 e. The van der Waals surface area contributed by atoms with Crippen LogP contribution < -0.4 is 0 Å². The number of allylic oxidation sites excluding steroid dienone is 4. The average molecular weight is 358 g/mol. The minimum absolute atomic E-state index is 0.0446. The second-order valence-electron chi connectivity index (χ2n) is 7.53. The lowest BCUT2D eigenvalue weighted by molar-refractivity contribution is 0.0600. The summed E-state index contributed by atoms with van der Waals surface area (Å²) in [7, 11) is 1.25. The Kier molecular flexibility index (Phi) is 5.74. The molecule has 0 aromatic heterocycles. The van der Waals surface area contributed by atoms with Gasteiger partial charge in [0.05, 0.1) is 18.2 Å². The second kappa shape index (κ2) is 7.48. The molecule has 4 heteroatoms. The molecule has 1 aromatic rings. The van der Waals surface area contributed by atoms with E-state index in [-0.39, 0.29) is 22.3 Å². The van der Waals surface area contributed by atoms with Gasteiger partial charge in [-0.25, -0.2) is 9.18 Å². The zero-order valence-electron chi connectivity index (χ0n) is 16.2. The molecule has 0 saturated heterocycles. The first kappa shape index (κ1) is 20.0. The Labute approximate surface area is 154 Å². The fraction of sp³-hybridized carbons (Fsp3) is 0.409. The van der Waals surface area contributed by atoms with E-state index in [0.717, 1.165) is 24.8 Å². The number of hydrogen-bond donors (Lipinski definition) is 1. The van der Waals surface area contributed by atoms with Crippen molar-refractivity contribution in [1.29, 1.82) is 0 Å². The van der Waals surface area contributed by atoms with E-state index in [0.29, 0.717) is 11.1 Å². The molecule has 0 fully saturated rings. The first-order chi connectivity index (χ1) is 12.1. The minimum atomic E-state index is -0.581. The maximum absolute atomic E-state index is 15.1. The highest BCUT2D eigenvalue weighted by Gasteiger charge is 2.31. The highest BCUT2D eigenvalue weighted by Crippen LogP contribution is 2.46. The van der Waals surface area contributed by atoms with E-state index < -0.39 is 11.8 Å². The molecule has 0 heterocycles. The summed E-state index contributed by atoms with van der Waals surface area (Å²) in [5.74, 6) is -1.42. The maximum atomic E-state index is 15.1. The van der Waals surface area contributed by atoms with Crippen LogP contribution in [0.5, 0.6) is 5.75 Å². The van der Waals surface area contributed by atoms with Crippen molar-refractivity contribution >= 4 is 11.8 Å². The number of phenolic OH excluding ortho intramolecular Hbond substituents is 1. The molecular formula is C22H27FO3. The quantitative estimate of drug-likeness (QED) is 0.533. The zero-order chi connectivity index (χ0) is 19.6. The smallest absolute Gasteiger partial charge is 0.337 e. The molecule has 0 saturated carbocycles. The predicted molar refractivity (Wildman–Crippen MR) is 103 cm³/mol. The number of aromatic hydroxyl groups is 1. The van der Waals surface area contributed by atoms with Crippen LogP contribution in [-0.2, 0) is 4.74 Å². The molecular weight excluding hydrogens is 331 g/mol. The van der Waals surface area contributed by atoms with Crippen LogP contribution >= 0.6 is 0 Å². The third-order valence-corrected chi connectivity index (χ3v) is 5.20. The lowest BCUT2D eigenvalue weighted by Crippen LogP contribution is -2.22. The van der Waals surface area contributed by atoms with Crippen LogP contribution in [-0.4, -0.2) is 18.2 Å². The first-order valence-electron chi connectivity index (χ1n) is 8.78. The number of methoxy groups -OCH3 is 1. The van der Waals surface area contributed by atoms with Crippen molar-refractivity contribution in [3.05, 3.63) is 58.2 Å². The third kappa shape index (κ3) is 3.74. The summed E-state index contributed by atoms with van der Waals surface area (Å²) in [6.45, 7) is 12.2. The Balaban J connectivity index is 2.46. The lowest BCUT2D eigenvalue weighted by Gasteiger charge is -2.36. The van der Waals surface area contributed by atoms with Gasteiger partial charge in [-0.3, -0.25) is 0 Å². The molecule has 2 rings (SSSR count). The van der Waals surface area contributed by atoms with E-state index >= 15 is 4.39 Å². The lowest BCUT2D eigenvalue weighted by atomic mass is 9.69. The molecule has 0 radical (unpaired) electrons. The van der Waals surface area contributed by atoms with Crippen LogP contribution in [0.2, 0.25) is 0 Å². The van der Waals surface area contributed by atoms with E-state index in [1.54, 1.807) is 6.92 Å². The highest BCUT2D eigenvalue weighted by molar-refractivity contribution is 5.90. The largest absolute Gasteiger partial charge is 0.507 e. The van der Waals surface area contributed by atoms with Crippen molar-refractivity contribution in [3.8, 4) is 5.75 Å². The van der Waals surface area contributed by atoms with Crippen LogP contribution in [0.25, 0.3) is 5.83 Å². The number of halogens is 1. The standard InChI is InChI=1S/C22H27FO3/c1-13-8-7-11-22(4,5)19(13)14(2)15(3)20(23)17-10-9-16(12-18(17)24)21(25)26-6/h9-10,12,24H,2,7-8,11H2,1,3-6H3/b20-15-. The Morgan fingerprint density at radius 1 is 1.35 bits per heavy atom. The number of carbonyl (C=O) groups excluding carboxylic acids is 1. The number of esters is 1. The van der Waals surface area contributed by atoms with Gasteiger partial charge < -0.3 is 9.84 Å². The topological polar surface area (TPSA) is 46.5 Å². The summed E-state index contributed by atoms with van der Waals surface area (Å²) in [5, 5.41) is 10.2. The van der Waals surface area contributed by atoms with Gasteiger partial charge in [0, 0.05) is 0 Å². The fourth-order valence-corrected chi connectivity index (χ4v) is 3.77. The summed E-state index contributed by atoms with van der Waals surface area (Å²) >= 11 is 0. The Bertz CT molecular complexity index is 813. The van der Waals surface area contributed by atoms with Gasteiger partial charge in [-0.05, 0) is 73.4 Å². The number of benzene rings is 1. The fourth-order valence-electron chi connectivity index (χ4n) is 3.77. The molecule has 0 unspecified atom stereocenters. The molecule has 3 nitrogen and oxygen atoms in total. The van der Waals surface area contributed by atoms with Gasteiger partial charge in [0.25, 0.3) is 0 Å². The van der Waals surface area contributed by atoms with E-state index in [4.69, 9.17) is 0 Å². The van der Waals surface area contributed by atoms with Crippen molar-refractivity contribution in [2.45, 2.75) is 47.0 Å². The van der Waals surface area contributed by atoms with E-state index in [1.165, 1.54) is 30.9 Å². The van der Waals surface area contributed by atoms with Crippen LogP contribution in [0, 0.1) is 5.41 Å². The van der Waals surface area contributed by atoms with Gasteiger partial charge in [-0.2, -0.15) is 0 Å². The summed E-state index contributed by atoms with van der Waals surface area (Å²) in [5.41, 5.74) is 3.56. The van der Waals surface area contributed by atoms with Crippen LogP contribution in [0.15, 0.2) is 47.1 Å². The van der Waals surface area contributed by atoms with Gasteiger partial charge in [0.1, 0.15) is 11.6 Å². The average Bonchev–Trinajstić information content (AvgIpc) is 2.58. The van der Waals surface area contributed by atoms with Gasteiger partial charge in [-0.1, -0.05) is 26.0 Å². The number of ether oxygens (including phenoxy) is 1. The van der Waals surface area contributed by atoms with Gasteiger partial charge >= 0.3 is 5.97 Å².